The molecule has 0 aromatic carbocycles. The second kappa shape index (κ2) is 5.57. The maximum Gasteiger partial charge on any atom is 0.358 e. The molecule has 0 bridgehead atoms. The van der Waals surface area contributed by atoms with Crippen molar-refractivity contribution in [2.45, 2.75) is 52.2 Å². The standard InChI is InChI=1S/C14H19NO4/c1-8(2)18-11-6-4-10(5-7-11)13-9(3)12(14(16)17)15-19-13/h4,8,11H,5-7H2,1-3H3,(H,16,17)/t11-/m0/s1. The third-order valence-electron chi connectivity index (χ3n) is 3.25. The number of rotatable bonds is 4. The van der Waals surface area contributed by atoms with Gasteiger partial charge >= 0.3 is 5.97 Å². The fourth-order valence-electron chi connectivity index (χ4n) is 2.36. The maximum atomic E-state index is 10.9. The van der Waals surface area contributed by atoms with Gasteiger partial charge in [-0.3, -0.25) is 0 Å². The summed E-state index contributed by atoms with van der Waals surface area (Å²) in [5.41, 5.74) is 1.62. The van der Waals surface area contributed by atoms with Crippen LogP contribution in [-0.2, 0) is 4.74 Å². The summed E-state index contributed by atoms with van der Waals surface area (Å²) >= 11 is 0. The molecule has 0 saturated carbocycles. The number of ether oxygens (including phenoxy) is 1. The van der Waals surface area contributed by atoms with Gasteiger partial charge in [-0.15, -0.1) is 0 Å². The molecule has 19 heavy (non-hydrogen) atoms. The molecule has 1 aliphatic rings. The summed E-state index contributed by atoms with van der Waals surface area (Å²) in [6, 6.07) is 0. The van der Waals surface area contributed by atoms with Crippen molar-refractivity contribution in [1.82, 2.24) is 5.16 Å². The van der Waals surface area contributed by atoms with E-state index in [9.17, 15) is 4.79 Å². The van der Waals surface area contributed by atoms with Gasteiger partial charge in [-0.2, -0.15) is 0 Å². The van der Waals surface area contributed by atoms with Crippen molar-refractivity contribution in [2.24, 2.45) is 0 Å². The molecule has 5 heteroatoms. The molecule has 1 aromatic rings. The lowest BCUT2D eigenvalue weighted by molar-refractivity contribution is 0.00422. The summed E-state index contributed by atoms with van der Waals surface area (Å²) in [7, 11) is 0. The van der Waals surface area contributed by atoms with Crippen LogP contribution in [0.4, 0.5) is 0 Å². The van der Waals surface area contributed by atoms with E-state index in [1.165, 1.54) is 0 Å². The predicted octanol–water partition coefficient (Wildman–Crippen LogP) is 3.04. The second-order valence-corrected chi connectivity index (χ2v) is 5.10. The first-order valence-electron chi connectivity index (χ1n) is 6.53. The van der Waals surface area contributed by atoms with Gasteiger partial charge in [-0.05, 0) is 45.6 Å². The molecule has 1 aromatic heterocycles. The molecular formula is C14H19NO4. The molecule has 1 heterocycles. The Bertz CT molecular complexity index is 502. The maximum absolute atomic E-state index is 10.9. The number of nitrogens with zero attached hydrogens (tertiary/aromatic N) is 1. The van der Waals surface area contributed by atoms with Crippen LogP contribution < -0.4 is 0 Å². The quantitative estimate of drug-likeness (QED) is 0.905. The van der Waals surface area contributed by atoms with Crippen LogP contribution in [0.25, 0.3) is 5.57 Å². The molecule has 2 rings (SSSR count). The smallest absolute Gasteiger partial charge is 0.358 e. The zero-order valence-corrected chi connectivity index (χ0v) is 11.5. The highest BCUT2D eigenvalue weighted by Gasteiger charge is 2.23. The predicted molar refractivity (Wildman–Crippen MR) is 70.0 cm³/mol. The molecule has 1 aliphatic carbocycles. The van der Waals surface area contributed by atoms with Crippen molar-refractivity contribution in [1.29, 1.82) is 0 Å². The van der Waals surface area contributed by atoms with E-state index in [1.807, 2.05) is 13.8 Å². The topological polar surface area (TPSA) is 72.6 Å². The van der Waals surface area contributed by atoms with Gasteiger partial charge in [0.1, 0.15) is 0 Å². The van der Waals surface area contributed by atoms with Crippen molar-refractivity contribution >= 4 is 11.5 Å². The molecule has 0 fully saturated rings. The Kier molecular flexibility index (Phi) is 4.04. The van der Waals surface area contributed by atoms with Crippen LogP contribution in [0.15, 0.2) is 10.6 Å². The second-order valence-electron chi connectivity index (χ2n) is 5.10. The summed E-state index contributed by atoms with van der Waals surface area (Å²) in [6.45, 7) is 5.78. The van der Waals surface area contributed by atoms with Gasteiger partial charge in [0.15, 0.2) is 11.5 Å². The van der Waals surface area contributed by atoms with E-state index in [4.69, 9.17) is 14.4 Å². The van der Waals surface area contributed by atoms with Gasteiger partial charge in [0.05, 0.1) is 12.2 Å². The molecule has 5 nitrogen and oxygen atoms in total. The minimum Gasteiger partial charge on any atom is -0.476 e. The molecule has 0 radical (unpaired) electrons. The average Bonchev–Trinajstić information content (AvgIpc) is 2.71. The minimum absolute atomic E-state index is 0.00328. The van der Waals surface area contributed by atoms with E-state index in [2.05, 4.69) is 11.2 Å². The van der Waals surface area contributed by atoms with Gasteiger partial charge in [0, 0.05) is 5.56 Å². The van der Waals surface area contributed by atoms with Crippen molar-refractivity contribution in [3.8, 4) is 0 Å². The number of carboxylic acid groups (broad SMARTS) is 1. The Morgan fingerprint density at radius 3 is 2.79 bits per heavy atom. The summed E-state index contributed by atoms with van der Waals surface area (Å²) in [5.74, 6) is -0.453. The SMILES string of the molecule is Cc1c(C(=O)O)noc1C1=CC[C@H](OC(C)C)CC1. The van der Waals surface area contributed by atoms with E-state index in [0.29, 0.717) is 11.3 Å². The Morgan fingerprint density at radius 1 is 1.58 bits per heavy atom. The molecule has 0 saturated heterocycles. The van der Waals surface area contributed by atoms with E-state index in [0.717, 1.165) is 24.8 Å². The van der Waals surface area contributed by atoms with Gasteiger partial charge in [0.2, 0.25) is 0 Å². The van der Waals surface area contributed by atoms with Gasteiger partial charge in [-0.1, -0.05) is 11.2 Å². The molecular weight excluding hydrogens is 246 g/mol. The van der Waals surface area contributed by atoms with Crippen LogP contribution >= 0.6 is 0 Å². The fraction of sp³-hybridized carbons (Fsp3) is 0.571. The van der Waals surface area contributed by atoms with Crippen molar-refractivity contribution in [3.63, 3.8) is 0 Å². The van der Waals surface area contributed by atoms with Crippen LogP contribution in [-0.4, -0.2) is 28.4 Å². The normalized spacial score (nSPS) is 19.6. The lowest BCUT2D eigenvalue weighted by Crippen LogP contribution is -2.19. The first kappa shape index (κ1) is 13.8. The number of carboxylic acids is 1. The number of carbonyl (C=O) groups is 1. The van der Waals surface area contributed by atoms with Gasteiger partial charge in [0.25, 0.3) is 0 Å². The minimum atomic E-state index is -1.05. The highest BCUT2D eigenvalue weighted by Crippen LogP contribution is 2.31. The van der Waals surface area contributed by atoms with E-state index in [-0.39, 0.29) is 17.9 Å². The van der Waals surface area contributed by atoms with Crippen LogP contribution in [0.1, 0.15) is 54.9 Å². The van der Waals surface area contributed by atoms with Crippen molar-refractivity contribution in [2.75, 3.05) is 0 Å². The zero-order valence-electron chi connectivity index (χ0n) is 11.5. The summed E-state index contributed by atoms with van der Waals surface area (Å²) in [4.78, 5) is 10.9. The molecule has 0 spiro atoms. The van der Waals surface area contributed by atoms with Crippen molar-refractivity contribution < 1.29 is 19.2 Å². The summed E-state index contributed by atoms with van der Waals surface area (Å²) in [6.07, 6.45) is 5.11. The Balaban J connectivity index is 2.12. The molecule has 0 aliphatic heterocycles. The average molecular weight is 265 g/mol. The molecule has 1 atom stereocenters. The van der Waals surface area contributed by atoms with Gasteiger partial charge in [-0.25, -0.2) is 4.79 Å². The molecule has 104 valence electrons. The Labute approximate surface area is 112 Å². The zero-order chi connectivity index (χ0) is 14.0. The van der Waals surface area contributed by atoms with E-state index >= 15 is 0 Å². The highest BCUT2D eigenvalue weighted by molar-refractivity contribution is 5.88. The number of aromatic carboxylic acids is 1. The molecule has 0 amide bonds. The monoisotopic (exact) mass is 265 g/mol. The largest absolute Gasteiger partial charge is 0.476 e. The third-order valence-corrected chi connectivity index (χ3v) is 3.25. The summed E-state index contributed by atoms with van der Waals surface area (Å²) in [5, 5.41) is 12.6. The number of hydrogen-bond acceptors (Lipinski definition) is 4. The number of allylic oxidation sites excluding steroid dienone is 1. The lowest BCUT2D eigenvalue weighted by Gasteiger charge is -2.23. The van der Waals surface area contributed by atoms with Crippen LogP contribution in [0, 0.1) is 6.92 Å². The lowest BCUT2D eigenvalue weighted by atomic mass is 9.93. The van der Waals surface area contributed by atoms with Gasteiger partial charge < -0.3 is 14.4 Å². The molecule has 1 N–H and O–H groups in total. The first-order valence-corrected chi connectivity index (χ1v) is 6.53. The van der Waals surface area contributed by atoms with Crippen LogP contribution in [0.2, 0.25) is 0 Å². The Hall–Kier alpha value is -1.62. The molecule has 0 unspecified atom stereocenters. The number of aromatic nitrogens is 1. The highest BCUT2D eigenvalue weighted by atomic mass is 16.5. The summed E-state index contributed by atoms with van der Waals surface area (Å²) < 4.78 is 10.9. The number of hydrogen-bond donors (Lipinski definition) is 1. The van der Waals surface area contributed by atoms with Crippen molar-refractivity contribution in [3.05, 3.63) is 23.1 Å². The fourth-order valence-corrected chi connectivity index (χ4v) is 2.36. The van der Waals surface area contributed by atoms with E-state index in [1.54, 1.807) is 6.92 Å². The third kappa shape index (κ3) is 3.04. The van der Waals surface area contributed by atoms with E-state index < -0.39 is 5.97 Å². The van der Waals surface area contributed by atoms with Crippen LogP contribution in [0.5, 0.6) is 0 Å². The first-order chi connectivity index (χ1) is 8.99. The Morgan fingerprint density at radius 2 is 2.32 bits per heavy atom. The van der Waals surface area contributed by atoms with Crippen LogP contribution in [0.3, 0.4) is 0 Å².